The topological polar surface area (TPSA) is 94.2 Å². The number of benzene rings is 2. The van der Waals surface area contributed by atoms with E-state index >= 15 is 0 Å². The predicted octanol–water partition coefficient (Wildman–Crippen LogP) is 2.22. The lowest BCUT2D eigenvalue weighted by Crippen LogP contribution is -2.41. The van der Waals surface area contributed by atoms with Crippen LogP contribution in [0, 0.1) is 6.92 Å². The Morgan fingerprint density at radius 1 is 1.13 bits per heavy atom. The first-order chi connectivity index (χ1) is 14.8. The summed E-state index contributed by atoms with van der Waals surface area (Å²) in [5, 5.41) is 2.85. The molecule has 1 fully saturated rings. The van der Waals surface area contributed by atoms with Crippen LogP contribution >= 0.6 is 0 Å². The number of sulfonamides is 1. The number of rotatable bonds is 8. The van der Waals surface area contributed by atoms with Gasteiger partial charge in [-0.25, -0.2) is 8.42 Å². The van der Waals surface area contributed by atoms with Gasteiger partial charge in [0.2, 0.25) is 10.0 Å². The Morgan fingerprint density at radius 3 is 2.42 bits per heavy atom. The summed E-state index contributed by atoms with van der Waals surface area (Å²) >= 11 is 0. The highest BCUT2D eigenvalue weighted by Crippen LogP contribution is 2.22. The van der Waals surface area contributed by atoms with Crippen molar-refractivity contribution in [2.75, 3.05) is 40.0 Å². The van der Waals surface area contributed by atoms with Crippen LogP contribution in [0.5, 0.6) is 11.5 Å². The Hall–Kier alpha value is -2.62. The predicted molar refractivity (Wildman–Crippen MR) is 116 cm³/mol. The molecule has 168 valence electrons. The summed E-state index contributed by atoms with van der Waals surface area (Å²) in [6, 6.07) is 11.6. The Labute approximate surface area is 183 Å². The Bertz CT molecular complexity index is 1000. The van der Waals surface area contributed by atoms with Crippen molar-refractivity contribution < 1.29 is 27.4 Å². The molecule has 2 aromatic carbocycles. The van der Waals surface area contributed by atoms with Crippen molar-refractivity contribution in [1.29, 1.82) is 0 Å². The first-order valence-corrected chi connectivity index (χ1v) is 11.5. The molecule has 0 radical (unpaired) electrons. The van der Waals surface area contributed by atoms with Gasteiger partial charge in [0.1, 0.15) is 18.1 Å². The molecule has 9 heteroatoms. The summed E-state index contributed by atoms with van der Waals surface area (Å²) in [6.07, 6.45) is 0. The Morgan fingerprint density at radius 2 is 1.77 bits per heavy atom. The van der Waals surface area contributed by atoms with Crippen molar-refractivity contribution >= 4 is 15.9 Å². The summed E-state index contributed by atoms with van der Waals surface area (Å²) in [7, 11) is -2.10. The third-order valence-corrected chi connectivity index (χ3v) is 7.02. The second-order valence-corrected chi connectivity index (χ2v) is 9.26. The van der Waals surface area contributed by atoms with Gasteiger partial charge in [-0.1, -0.05) is 6.07 Å². The molecule has 0 aliphatic carbocycles. The highest BCUT2D eigenvalue weighted by atomic mass is 32.2. The monoisotopic (exact) mass is 448 g/mol. The zero-order valence-electron chi connectivity index (χ0n) is 18.0. The van der Waals surface area contributed by atoms with E-state index in [2.05, 4.69) is 5.32 Å². The van der Waals surface area contributed by atoms with E-state index < -0.39 is 10.0 Å². The molecule has 0 unspecified atom stereocenters. The number of methoxy groups -OCH3 is 1. The van der Waals surface area contributed by atoms with Crippen LogP contribution in [0.2, 0.25) is 0 Å². The van der Waals surface area contributed by atoms with Crippen molar-refractivity contribution in [2.24, 2.45) is 0 Å². The minimum atomic E-state index is -3.69. The average molecular weight is 449 g/mol. The molecule has 2 aromatic rings. The van der Waals surface area contributed by atoms with Gasteiger partial charge in [0.25, 0.3) is 5.91 Å². The molecular weight excluding hydrogens is 420 g/mol. The summed E-state index contributed by atoms with van der Waals surface area (Å²) in [5.74, 6) is 1.04. The lowest BCUT2D eigenvalue weighted by molar-refractivity contribution is 0.0730. The van der Waals surface area contributed by atoms with E-state index in [0.29, 0.717) is 37.6 Å². The number of carbonyl (C=O) groups excluding carboxylic acids is 1. The lowest BCUT2D eigenvalue weighted by Gasteiger charge is -2.26. The van der Waals surface area contributed by atoms with Crippen LogP contribution in [-0.4, -0.2) is 64.7 Å². The Kier molecular flexibility index (Phi) is 7.53. The van der Waals surface area contributed by atoms with Crippen LogP contribution in [-0.2, 0) is 14.8 Å². The molecular formula is C22H28N2O6S. The van der Waals surface area contributed by atoms with Crippen molar-refractivity contribution in [3.05, 3.63) is 53.6 Å². The highest BCUT2D eigenvalue weighted by Gasteiger charge is 2.28. The maximum absolute atomic E-state index is 13.0. The van der Waals surface area contributed by atoms with Crippen molar-refractivity contribution in [3.63, 3.8) is 0 Å². The van der Waals surface area contributed by atoms with Crippen LogP contribution in [0.25, 0.3) is 0 Å². The molecule has 3 rings (SSSR count). The minimum absolute atomic E-state index is 0.143. The van der Waals surface area contributed by atoms with E-state index in [1.807, 2.05) is 6.92 Å². The quantitative estimate of drug-likeness (QED) is 0.666. The largest absolute Gasteiger partial charge is 0.497 e. The standard InChI is InChI=1S/C22H28N2O6S/c1-16-4-5-18(14-21(16)31(26,27)24-10-12-29-13-11-24)22(25)23-17(2)15-30-20-8-6-19(28-3)7-9-20/h4-9,14,17H,10-13,15H2,1-3H3,(H,23,25)/t17-/m0/s1. The molecule has 8 nitrogen and oxygen atoms in total. The molecule has 1 saturated heterocycles. The fourth-order valence-corrected chi connectivity index (χ4v) is 4.85. The summed E-state index contributed by atoms with van der Waals surface area (Å²) < 4.78 is 43.5. The number of aryl methyl sites for hydroxylation is 1. The third-order valence-electron chi connectivity index (χ3n) is 4.98. The van der Waals surface area contributed by atoms with E-state index in [1.54, 1.807) is 50.4 Å². The van der Waals surface area contributed by atoms with E-state index in [0.717, 1.165) is 5.75 Å². The van der Waals surface area contributed by atoms with Gasteiger partial charge >= 0.3 is 0 Å². The van der Waals surface area contributed by atoms with Crippen LogP contribution in [0.3, 0.4) is 0 Å². The van der Waals surface area contributed by atoms with Crippen molar-refractivity contribution in [1.82, 2.24) is 9.62 Å². The maximum Gasteiger partial charge on any atom is 0.251 e. The van der Waals surface area contributed by atoms with E-state index in [9.17, 15) is 13.2 Å². The molecule has 1 N–H and O–H groups in total. The van der Waals surface area contributed by atoms with Crippen molar-refractivity contribution in [2.45, 2.75) is 24.8 Å². The average Bonchev–Trinajstić information content (AvgIpc) is 2.78. The number of carbonyl (C=O) groups is 1. The maximum atomic E-state index is 13.0. The fraction of sp³-hybridized carbons (Fsp3) is 0.409. The molecule has 1 aliphatic rings. The molecule has 0 saturated carbocycles. The minimum Gasteiger partial charge on any atom is -0.497 e. The van der Waals surface area contributed by atoms with Gasteiger partial charge in [0.15, 0.2) is 0 Å². The third kappa shape index (κ3) is 5.75. The lowest BCUT2D eigenvalue weighted by atomic mass is 10.1. The molecule has 1 aliphatic heterocycles. The number of hydrogen-bond acceptors (Lipinski definition) is 6. The summed E-state index contributed by atoms with van der Waals surface area (Å²) in [4.78, 5) is 12.8. The number of nitrogens with one attached hydrogen (secondary N) is 1. The fourth-order valence-electron chi connectivity index (χ4n) is 3.19. The highest BCUT2D eigenvalue weighted by molar-refractivity contribution is 7.89. The van der Waals surface area contributed by atoms with Gasteiger partial charge in [0.05, 0.1) is 31.3 Å². The molecule has 1 amide bonds. The molecule has 1 heterocycles. The van der Waals surface area contributed by atoms with Gasteiger partial charge < -0.3 is 19.5 Å². The van der Waals surface area contributed by atoms with Gasteiger partial charge in [-0.05, 0) is 55.8 Å². The number of morpholine rings is 1. The van der Waals surface area contributed by atoms with Gasteiger partial charge in [-0.2, -0.15) is 4.31 Å². The second-order valence-electron chi connectivity index (χ2n) is 7.36. The smallest absolute Gasteiger partial charge is 0.251 e. The van der Waals surface area contributed by atoms with E-state index in [1.165, 1.54) is 10.4 Å². The van der Waals surface area contributed by atoms with Crippen LogP contribution < -0.4 is 14.8 Å². The molecule has 0 bridgehead atoms. The zero-order valence-corrected chi connectivity index (χ0v) is 18.8. The molecule has 31 heavy (non-hydrogen) atoms. The summed E-state index contributed by atoms with van der Waals surface area (Å²) in [6.45, 7) is 5.15. The van der Waals surface area contributed by atoms with Crippen LogP contribution in [0.4, 0.5) is 0 Å². The van der Waals surface area contributed by atoms with E-state index in [-0.39, 0.29) is 29.0 Å². The number of amides is 1. The number of nitrogens with zero attached hydrogens (tertiary/aromatic N) is 1. The number of ether oxygens (including phenoxy) is 3. The Balaban J connectivity index is 1.65. The summed E-state index contributed by atoms with van der Waals surface area (Å²) in [5.41, 5.74) is 0.882. The molecule has 0 aromatic heterocycles. The van der Waals surface area contributed by atoms with Crippen LogP contribution in [0.15, 0.2) is 47.4 Å². The van der Waals surface area contributed by atoms with Crippen molar-refractivity contribution in [3.8, 4) is 11.5 Å². The first-order valence-electron chi connectivity index (χ1n) is 10.1. The molecule has 0 spiro atoms. The van der Waals surface area contributed by atoms with Crippen LogP contribution in [0.1, 0.15) is 22.8 Å². The van der Waals surface area contributed by atoms with Gasteiger partial charge in [-0.3, -0.25) is 4.79 Å². The molecule has 1 atom stereocenters. The first kappa shape index (κ1) is 23.1. The normalized spacial score (nSPS) is 15.8. The zero-order chi connectivity index (χ0) is 22.4. The van der Waals surface area contributed by atoms with Gasteiger partial charge in [-0.15, -0.1) is 0 Å². The SMILES string of the molecule is COc1ccc(OC[C@H](C)NC(=O)c2ccc(C)c(S(=O)(=O)N3CCOCC3)c2)cc1. The van der Waals surface area contributed by atoms with E-state index in [4.69, 9.17) is 14.2 Å². The second kappa shape index (κ2) is 10.1. The van der Waals surface area contributed by atoms with Gasteiger partial charge in [0, 0.05) is 18.7 Å². The number of hydrogen-bond donors (Lipinski definition) is 1.